The summed E-state index contributed by atoms with van der Waals surface area (Å²) >= 11 is 1.95. The van der Waals surface area contributed by atoms with Crippen molar-refractivity contribution >= 4 is 11.8 Å². The van der Waals surface area contributed by atoms with E-state index in [1.165, 1.54) is 6.42 Å². The lowest BCUT2D eigenvalue weighted by Crippen LogP contribution is -2.41. The Morgan fingerprint density at radius 1 is 1.38 bits per heavy atom. The van der Waals surface area contributed by atoms with Gasteiger partial charge in [-0.3, -0.25) is 0 Å². The first-order valence-corrected chi connectivity index (χ1v) is 7.24. The van der Waals surface area contributed by atoms with Crippen LogP contribution in [0.3, 0.4) is 0 Å². The number of hydrogen-bond donors (Lipinski definition) is 0. The Bertz CT molecular complexity index is 252. The maximum Gasteiger partial charge on any atom is 0.158 e. The zero-order valence-corrected chi connectivity index (χ0v) is 10.4. The molecular formula is C12H19NO2S. The Balaban J connectivity index is 1.92. The summed E-state index contributed by atoms with van der Waals surface area (Å²) in [6, 6.07) is 2.28. The highest BCUT2D eigenvalue weighted by atomic mass is 32.2. The van der Waals surface area contributed by atoms with E-state index in [0.717, 1.165) is 43.8 Å². The fourth-order valence-corrected chi connectivity index (χ4v) is 3.54. The van der Waals surface area contributed by atoms with Crippen molar-refractivity contribution < 1.29 is 9.47 Å². The molecule has 2 fully saturated rings. The Hall–Kier alpha value is -0.240. The lowest BCUT2D eigenvalue weighted by atomic mass is 9.93. The molecule has 1 unspecified atom stereocenters. The third kappa shape index (κ3) is 3.13. The van der Waals surface area contributed by atoms with Gasteiger partial charge in [-0.1, -0.05) is 0 Å². The van der Waals surface area contributed by atoms with Crippen molar-refractivity contribution in [2.24, 2.45) is 0 Å². The van der Waals surface area contributed by atoms with Crippen LogP contribution in [0, 0.1) is 11.3 Å². The number of rotatable bonds is 3. The monoisotopic (exact) mass is 241 g/mol. The van der Waals surface area contributed by atoms with Gasteiger partial charge in [0.1, 0.15) is 0 Å². The van der Waals surface area contributed by atoms with Crippen molar-refractivity contribution in [2.75, 3.05) is 18.1 Å². The lowest BCUT2D eigenvalue weighted by Gasteiger charge is -2.39. The van der Waals surface area contributed by atoms with Crippen molar-refractivity contribution in [1.29, 1.82) is 5.26 Å². The highest BCUT2D eigenvalue weighted by Gasteiger charge is 2.36. The van der Waals surface area contributed by atoms with E-state index >= 15 is 0 Å². The van der Waals surface area contributed by atoms with Crippen LogP contribution in [0.2, 0.25) is 0 Å². The van der Waals surface area contributed by atoms with Crippen LogP contribution in [-0.2, 0) is 9.47 Å². The van der Waals surface area contributed by atoms with Crippen LogP contribution < -0.4 is 0 Å². The first-order chi connectivity index (χ1) is 7.85. The molecule has 0 N–H and O–H groups in total. The Morgan fingerprint density at radius 3 is 2.81 bits per heavy atom. The molecule has 3 nitrogen and oxygen atoms in total. The maximum absolute atomic E-state index is 8.94. The molecular weight excluding hydrogens is 222 g/mol. The lowest BCUT2D eigenvalue weighted by molar-refractivity contribution is -0.226. The minimum Gasteiger partial charge on any atom is -0.353 e. The molecule has 0 saturated carbocycles. The summed E-state index contributed by atoms with van der Waals surface area (Å²) in [5, 5.41) is 8.94. The summed E-state index contributed by atoms with van der Waals surface area (Å²) in [5.41, 5.74) is -0.220. The number of ether oxygens (including phenoxy) is 2. The van der Waals surface area contributed by atoms with E-state index in [0.29, 0.717) is 6.42 Å². The van der Waals surface area contributed by atoms with Gasteiger partial charge in [0.25, 0.3) is 0 Å². The highest BCUT2D eigenvalue weighted by molar-refractivity contribution is 7.99. The van der Waals surface area contributed by atoms with Crippen molar-refractivity contribution in [3.8, 4) is 6.07 Å². The minimum absolute atomic E-state index is 0.0646. The van der Waals surface area contributed by atoms with Gasteiger partial charge in [0, 0.05) is 6.61 Å². The van der Waals surface area contributed by atoms with E-state index in [1.807, 2.05) is 11.8 Å². The second-order valence-electron chi connectivity index (χ2n) is 4.54. The van der Waals surface area contributed by atoms with Crippen LogP contribution >= 0.6 is 11.8 Å². The van der Waals surface area contributed by atoms with Gasteiger partial charge < -0.3 is 9.47 Å². The summed E-state index contributed by atoms with van der Waals surface area (Å²) in [6.07, 6.45) is 5.73. The van der Waals surface area contributed by atoms with Gasteiger partial charge in [-0.05, 0) is 43.6 Å². The molecule has 90 valence electrons. The van der Waals surface area contributed by atoms with Crippen molar-refractivity contribution in [3.05, 3.63) is 0 Å². The highest BCUT2D eigenvalue weighted by Crippen LogP contribution is 2.35. The minimum atomic E-state index is -0.220. The van der Waals surface area contributed by atoms with Crippen molar-refractivity contribution in [1.82, 2.24) is 0 Å². The van der Waals surface area contributed by atoms with Crippen LogP contribution in [0.5, 0.6) is 0 Å². The predicted molar refractivity (Wildman–Crippen MR) is 64.2 cm³/mol. The molecule has 2 aliphatic heterocycles. The van der Waals surface area contributed by atoms with Gasteiger partial charge >= 0.3 is 0 Å². The molecule has 0 radical (unpaired) electrons. The standard InChI is InChI=1S/C12H19NO2S/c13-7-4-12(5-9-16-10-6-12)15-11-3-1-2-8-14-11/h11H,1-6,8-10H2. The van der Waals surface area contributed by atoms with Crippen LogP contribution in [0.25, 0.3) is 0 Å². The zero-order chi connectivity index (χ0) is 11.3. The summed E-state index contributed by atoms with van der Waals surface area (Å²) in [4.78, 5) is 0. The van der Waals surface area contributed by atoms with E-state index in [2.05, 4.69) is 6.07 Å². The van der Waals surface area contributed by atoms with Crippen molar-refractivity contribution in [2.45, 2.75) is 50.4 Å². The number of nitriles is 1. The molecule has 0 aromatic carbocycles. The second kappa shape index (κ2) is 5.90. The molecule has 2 heterocycles. The molecule has 0 aliphatic carbocycles. The molecule has 0 amide bonds. The molecule has 2 saturated heterocycles. The molecule has 0 aromatic heterocycles. The average molecular weight is 241 g/mol. The largest absolute Gasteiger partial charge is 0.353 e. The number of thioether (sulfide) groups is 1. The number of hydrogen-bond acceptors (Lipinski definition) is 4. The molecule has 1 atom stereocenters. The predicted octanol–water partition coefficient (Wildman–Crippen LogP) is 2.71. The smallest absolute Gasteiger partial charge is 0.158 e. The summed E-state index contributed by atoms with van der Waals surface area (Å²) in [7, 11) is 0. The van der Waals surface area contributed by atoms with E-state index in [9.17, 15) is 0 Å². The zero-order valence-electron chi connectivity index (χ0n) is 9.61. The molecule has 16 heavy (non-hydrogen) atoms. The summed E-state index contributed by atoms with van der Waals surface area (Å²) in [6.45, 7) is 0.808. The van der Waals surface area contributed by atoms with Crippen LogP contribution in [0.4, 0.5) is 0 Å². The number of nitrogens with zero attached hydrogens (tertiary/aromatic N) is 1. The Kier molecular flexibility index (Phi) is 4.51. The second-order valence-corrected chi connectivity index (χ2v) is 5.77. The van der Waals surface area contributed by atoms with Crippen LogP contribution in [0.1, 0.15) is 38.5 Å². The topological polar surface area (TPSA) is 42.2 Å². The third-order valence-electron chi connectivity index (χ3n) is 3.32. The van der Waals surface area contributed by atoms with E-state index < -0.39 is 0 Å². The maximum atomic E-state index is 8.94. The normalized spacial score (nSPS) is 29.6. The van der Waals surface area contributed by atoms with E-state index in [-0.39, 0.29) is 11.9 Å². The molecule has 2 rings (SSSR count). The quantitative estimate of drug-likeness (QED) is 0.762. The van der Waals surface area contributed by atoms with Gasteiger partial charge in [0.05, 0.1) is 18.1 Å². The SMILES string of the molecule is N#CCC1(OC2CCCCO2)CCSCC1. The Morgan fingerprint density at radius 2 is 2.19 bits per heavy atom. The molecule has 0 aromatic rings. The molecule has 0 bridgehead atoms. The van der Waals surface area contributed by atoms with Crippen molar-refractivity contribution in [3.63, 3.8) is 0 Å². The Labute approximate surface area is 101 Å². The summed E-state index contributed by atoms with van der Waals surface area (Å²) in [5.74, 6) is 2.21. The molecule has 0 spiro atoms. The molecule has 2 aliphatic rings. The average Bonchev–Trinajstić information content (AvgIpc) is 2.31. The fourth-order valence-electron chi connectivity index (χ4n) is 2.31. The van der Waals surface area contributed by atoms with E-state index in [1.54, 1.807) is 0 Å². The van der Waals surface area contributed by atoms with Crippen LogP contribution in [0.15, 0.2) is 0 Å². The van der Waals surface area contributed by atoms with Gasteiger partial charge in [0.2, 0.25) is 0 Å². The molecule has 4 heteroatoms. The first-order valence-electron chi connectivity index (χ1n) is 6.09. The van der Waals surface area contributed by atoms with Gasteiger partial charge in [-0.25, -0.2) is 0 Å². The third-order valence-corrected chi connectivity index (χ3v) is 4.31. The van der Waals surface area contributed by atoms with Gasteiger partial charge in [-0.15, -0.1) is 0 Å². The van der Waals surface area contributed by atoms with E-state index in [4.69, 9.17) is 14.7 Å². The summed E-state index contributed by atoms with van der Waals surface area (Å²) < 4.78 is 11.7. The fraction of sp³-hybridized carbons (Fsp3) is 0.917. The van der Waals surface area contributed by atoms with Gasteiger partial charge in [-0.2, -0.15) is 17.0 Å². The van der Waals surface area contributed by atoms with Crippen LogP contribution in [-0.4, -0.2) is 30.0 Å². The van der Waals surface area contributed by atoms with Gasteiger partial charge in [0.15, 0.2) is 6.29 Å². The first kappa shape index (κ1) is 12.2.